The van der Waals surface area contributed by atoms with E-state index in [4.69, 9.17) is 4.74 Å². The number of hydrogen-bond acceptors (Lipinski definition) is 4. The first kappa shape index (κ1) is 16.5. The second-order valence-corrected chi connectivity index (χ2v) is 6.71. The molecule has 6 nitrogen and oxygen atoms in total. The molecule has 2 heterocycles. The number of hydrogen-bond donors (Lipinski definition) is 0. The van der Waals surface area contributed by atoms with Crippen LogP contribution in [0.1, 0.15) is 5.56 Å². The molecule has 2 aromatic heterocycles. The fraction of sp³-hybridized carbons (Fsp3) is 0.105. The highest BCUT2D eigenvalue weighted by molar-refractivity contribution is 9.10. The van der Waals surface area contributed by atoms with Gasteiger partial charge in [-0.2, -0.15) is 5.10 Å². The van der Waals surface area contributed by atoms with Crippen molar-refractivity contribution >= 4 is 27.0 Å². The van der Waals surface area contributed by atoms with E-state index in [9.17, 15) is 4.79 Å². The monoisotopic (exact) mass is 410 g/mol. The first-order valence-electron chi connectivity index (χ1n) is 7.98. The van der Waals surface area contributed by atoms with Gasteiger partial charge in [-0.1, -0.05) is 28.1 Å². The first-order chi connectivity index (χ1) is 12.7. The molecule has 130 valence electrons. The van der Waals surface area contributed by atoms with Crippen LogP contribution < -0.4 is 10.3 Å². The summed E-state index contributed by atoms with van der Waals surface area (Å²) in [6, 6.07) is 15.3. The largest absolute Gasteiger partial charge is 0.497 e. The highest BCUT2D eigenvalue weighted by atomic mass is 79.9. The number of benzene rings is 2. The van der Waals surface area contributed by atoms with Crippen molar-refractivity contribution in [2.75, 3.05) is 7.11 Å². The molecule has 0 aliphatic heterocycles. The van der Waals surface area contributed by atoms with Crippen LogP contribution >= 0.6 is 15.9 Å². The van der Waals surface area contributed by atoms with Crippen molar-refractivity contribution in [2.24, 2.45) is 0 Å². The lowest BCUT2D eigenvalue weighted by molar-refractivity contribution is 0.414. The van der Waals surface area contributed by atoms with Crippen molar-refractivity contribution in [2.45, 2.75) is 6.54 Å². The molecule has 0 saturated carbocycles. The maximum Gasteiger partial charge on any atom is 0.264 e. The lowest BCUT2D eigenvalue weighted by Crippen LogP contribution is -2.21. The molecule has 0 radical (unpaired) electrons. The predicted molar refractivity (Wildman–Crippen MR) is 103 cm³/mol. The Morgan fingerprint density at radius 3 is 2.73 bits per heavy atom. The van der Waals surface area contributed by atoms with Crippen molar-refractivity contribution in [3.05, 3.63) is 81.4 Å². The molecule has 0 bridgehead atoms. The summed E-state index contributed by atoms with van der Waals surface area (Å²) >= 11 is 3.41. The minimum absolute atomic E-state index is 0.124. The normalized spacial score (nSPS) is 11.0. The third kappa shape index (κ3) is 3.01. The maximum atomic E-state index is 12.8. The van der Waals surface area contributed by atoms with Crippen LogP contribution in [0.3, 0.4) is 0 Å². The number of aromatic nitrogens is 4. The summed E-state index contributed by atoms with van der Waals surface area (Å²) in [4.78, 5) is 17.3. The van der Waals surface area contributed by atoms with Gasteiger partial charge in [0.2, 0.25) is 0 Å². The van der Waals surface area contributed by atoms with Gasteiger partial charge >= 0.3 is 0 Å². The number of methoxy groups -OCH3 is 1. The second-order valence-electron chi connectivity index (χ2n) is 5.80. The summed E-state index contributed by atoms with van der Waals surface area (Å²) in [6.07, 6.45) is 3.12. The van der Waals surface area contributed by atoms with Crippen molar-refractivity contribution in [3.8, 4) is 11.4 Å². The Morgan fingerprint density at radius 1 is 1.15 bits per heavy atom. The molecule has 0 fully saturated rings. The molecular weight excluding hydrogens is 396 g/mol. The summed E-state index contributed by atoms with van der Waals surface area (Å²) in [5.74, 6) is 0.757. The summed E-state index contributed by atoms with van der Waals surface area (Å²) < 4.78 is 9.45. The van der Waals surface area contributed by atoms with E-state index in [2.05, 4.69) is 26.0 Å². The minimum atomic E-state index is -0.124. The highest BCUT2D eigenvalue weighted by Gasteiger charge is 2.12. The Kier molecular flexibility index (Phi) is 4.30. The van der Waals surface area contributed by atoms with Gasteiger partial charge in [-0.3, -0.25) is 9.36 Å². The van der Waals surface area contributed by atoms with Crippen LogP contribution in [0.5, 0.6) is 5.75 Å². The zero-order valence-electron chi connectivity index (χ0n) is 14.0. The fourth-order valence-corrected chi connectivity index (χ4v) is 3.06. The summed E-state index contributed by atoms with van der Waals surface area (Å²) in [5, 5.41) is 4.82. The Balaban J connectivity index is 1.74. The van der Waals surface area contributed by atoms with Crippen molar-refractivity contribution < 1.29 is 4.74 Å². The van der Waals surface area contributed by atoms with Crippen molar-refractivity contribution in [1.82, 2.24) is 19.3 Å². The first-order valence-corrected chi connectivity index (χ1v) is 8.77. The van der Waals surface area contributed by atoms with Gasteiger partial charge in [0.05, 0.1) is 25.5 Å². The molecule has 2 aromatic carbocycles. The van der Waals surface area contributed by atoms with E-state index in [1.54, 1.807) is 28.9 Å². The van der Waals surface area contributed by atoms with Gasteiger partial charge in [-0.15, -0.1) is 0 Å². The fourth-order valence-electron chi connectivity index (χ4n) is 2.80. The molecule has 0 N–H and O–H groups in total. The quantitative estimate of drug-likeness (QED) is 0.517. The maximum absolute atomic E-state index is 12.8. The smallest absolute Gasteiger partial charge is 0.264 e. The predicted octanol–water partition coefficient (Wildman–Crippen LogP) is 3.40. The SMILES string of the molecule is COc1cccc(Cn2cnc3c(cnn3-c3ccc(Br)cc3)c2=O)c1. The van der Waals surface area contributed by atoms with Gasteiger partial charge in [-0.25, -0.2) is 9.67 Å². The number of halogens is 1. The minimum Gasteiger partial charge on any atom is -0.497 e. The van der Waals surface area contributed by atoms with Crippen LogP contribution in [0.25, 0.3) is 16.7 Å². The molecule has 7 heteroatoms. The molecule has 26 heavy (non-hydrogen) atoms. The van der Waals surface area contributed by atoms with Crippen LogP contribution in [0, 0.1) is 0 Å². The van der Waals surface area contributed by atoms with E-state index >= 15 is 0 Å². The van der Waals surface area contributed by atoms with E-state index in [-0.39, 0.29) is 5.56 Å². The molecule has 0 amide bonds. The lowest BCUT2D eigenvalue weighted by Gasteiger charge is -2.08. The van der Waals surface area contributed by atoms with Gasteiger partial charge in [0.1, 0.15) is 17.5 Å². The number of nitrogens with zero attached hydrogens (tertiary/aromatic N) is 4. The van der Waals surface area contributed by atoms with E-state index in [0.717, 1.165) is 21.5 Å². The molecule has 0 spiro atoms. The Morgan fingerprint density at radius 2 is 1.96 bits per heavy atom. The van der Waals surface area contributed by atoms with Crippen LogP contribution in [0.15, 0.2) is 70.3 Å². The van der Waals surface area contributed by atoms with Crippen LogP contribution in [0.4, 0.5) is 0 Å². The summed E-state index contributed by atoms with van der Waals surface area (Å²) in [5.41, 5.74) is 2.23. The Labute approximate surface area is 157 Å². The zero-order chi connectivity index (χ0) is 18.1. The second kappa shape index (κ2) is 6.76. The molecular formula is C19H15BrN4O2. The Hall–Kier alpha value is -2.93. The molecule has 4 aromatic rings. The number of rotatable bonds is 4. The van der Waals surface area contributed by atoms with E-state index in [0.29, 0.717) is 17.6 Å². The van der Waals surface area contributed by atoms with Gasteiger partial charge in [0, 0.05) is 4.47 Å². The number of fused-ring (bicyclic) bond motifs is 1. The molecule has 0 saturated heterocycles. The molecule has 0 aliphatic rings. The van der Waals surface area contributed by atoms with Crippen LogP contribution in [0.2, 0.25) is 0 Å². The third-order valence-corrected chi connectivity index (χ3v) is 4.64. The van der Waals surface area contributed by atoms with Crippen molar-refractivity contribution in [3.63, 3.8) is 0 Å². The van der Waals surface area contributed by atoms with Crippen molar-refractivity contribution in [1.29, 1.82) is 0 Å². The molecule has 0 unspecified atom stereocenters. The summed E-state index contributed by atoms with van der Waals surface area (Å²) in [7, 11) is 1.62. The lowest BCUT2D eigenvalue weighted by atomic mass is 10.2. The molecule has 0 atom stereocenters. The molecule has 0 aliphatic carbocycles. The summed E-state index contributed by atoms with van der Waals surface area (Å²) in [6.45, 7) is 0.419. The topological polar surface area (TPSA) is 61.9 Å². The van der Waals surface area contributed by atoms with E-state index in [1.165, 1.54) is 0 Å². The van der Waals surface area contributed by atoms with Crippen LogP contribution in [-0.4, -0.2) is 26.4 Å². The van der Waals surface area contributed by atoms with E-state index in [1.807, 2.05) is 48.5 Å². The molecule has 4 rings (SSSR count). The number of ether oxygens (including phenoxy) is 1. The highest BCUT2D eigenvalue weighted by Crippen LogP contribution is 2.17. The zero-order valence-corrected chi connectivity index (χ0v) is 15.5. The average Bonchev–Trinajstić information content (AvgIpc) is 3.10. The van der Waals surface area contributed by atoms with Gasteiger partial charge < -0.3 is 4.74 Å². The standard InChI is InChI=1S/C19H15BrN4O2/c1-26-16-4-2-3-13(9-16)11-23-12-21-18-17(19(23)25)10-22-24(18)15-7-5-14(20)6-8-15/h2-10,12H,11H2,1H3. The average molecular weight is 411 g/mol. The van der Waals surface area contributed by atoms with Gasteiger partial charge in [0.15, 0.2) is 5.65 Å². The van der Waals surface area contributed by atoms with E-state index < -0.39 is 0 Å². The van der Waals surface area contributed by atoms with Crippen LogP contribution in [-0.2, 0) is 6.54 Å². The van der Waals surface area contributed by atoms with Gasteiger partial charge in [0.25, 0.3) is 5.56 Å². The van der Waals surface area contributed by atoms with Gasteiger partial charge in [-0.05, 0) is 42.0 Å². The Bertz CT molecular complexity index is 1130. The third-order valence-electron chi connectivity index (χ3n) is 4.11.